The molecule has 0 bridgehead atoms. The maximum Gasteiger partial charge on any atom is 0.142 e. The number of rotatable bonds is 9. The molecular weight excluding hydrogens is 322 g/mol. The smallest absolute Gasteiger partial charge is 0.142 e. The lowest BCUT2D eigenvalue weighted by Gasteiger charge is -2.13. The van der Waals surface area contributed by atoms with Crippen molar-refractivity contribution in [3.63, 3.8) is 0 Å². The topological polar surface area (TPSA) is 30.5 Å². The van der Waals surface area contributed by atoms with Crippen molar-refractivity contribution >= 4 is 5.69 Å². The normalized spacial score (nSPS) is 10.5. The van der Waals surface area contributed by atoms with E-state index < -0.39 is 0 Å². The average Bonchev–Trinajstić information content (AvgIpc) is 2.71. The van der Waals surface area contributed by atoms with Crippen molar-refractivity contribution in [2.45, 2.75) is 13.5 Å². The van der Waals surface area contributed by atoms with Crippen LogP contribution in [0.5, 0.6) is 5.75 Å². The van der Waals surface area contributed by atoms with E-state index in [1.54, 1.807) is 0 Å². The summed E-state index contributed by atoms with van der Waals surface area (Å²) in [6, 6.07) is 27.1. The molecule has 3 heteroatoms. The van der Waals surface area contributed by atoms with E-state index in [9.17, 15) is 0 Å². The van der Waals surface area contributed by atoms with E-state index in [0.29, 0.717) is 19.8 Å². The largest absolute Gasteiger partial charge is 0.489 e. The van der Waals surface area contributed by atoms with Crippen molar-refractivity contribution in [1.29, 1.82) is 0 Å². The molecule has 3 nitrogen and oxygen atoms in total. The predicted octanol–water partition coefficient (Wildman–Crippen LogP) is 5.38. The summed E-state index contributed by atoms with van der Waals surface area (Å²) in [5, 5.41) is 3.46. The standard InChI is InChI=1S/C23H25NO2/c1-2-25-16-17-26-23-11-7-6-10-22(23)24-18-19-12-14-21(15-13-19)20-8-4-3-5-9-20/h3-15,24H,2,16-18H2,1H3. The summed E-state index contributed by atoms with van der Waals surface area (Å²) in [5.41, 5.74) is 4.69. The number of anilines is 1. The maximum atomic E-state index is 5.82. The Morgan fingerprint density at radius 1 is 0.731 bits per heavy atom. The third-order valence-corrected chi connectivity index (χ3v) is 4.12. The van der Waals surface area contributed by atoms with Crippen molar-refractivity contribution in [1.82, 2.24) is 0 Å². The van der Waals surface area contributed by atoms with Crippen LogP contribution in [-0.4, -0.2) is 19.8 Å². The van der Waals surface area contributed by atoms with Crippen LogP contribution in [0.1, 0.15) is 12.5 Å². The quantitative estimate of drug-likeness (QED) is 0.527. The van der Waals surface area contributed by atoms with E-state index in [-0.39, 0.29) is 0 Å². The van der Waals surface area contributed by atoms with Crippen LogP contribution in [0.25, 0.3) is 11.1 Å². The summed E-state index contributed by atoms with van der Waals surface area (Å²) in [7, 11) is 0. The highest BCUT2D eigenvalue weighted by Crippen LogP contribution is 2.25. The lowest BCUT2D eigenvalue weighted by Crippen LogP contribution is -2.08. The molecule has 0 aliphatic heterocycles. The summed E-state index contributed by atoms with van der Waals surface area (Å²) in [4.78, 5) is 0. The Hall–Kier alpha value is -2.78. The second-order valence-electron chi connectivity index (χ2n) is 5.96. The molecule has 0 heterocycles. The van der Waals surface area contributed by atoms with Gasteiger partial charge in [-0.2, -0.15) is 0 Å². The fourth-order valence-corrected chi connectivity index (χ4v) is 2.74. The van der Waals surface area contributed by atoms with Gasteiger partial charge in [0.1, 0.15) is 12.4 Å². The van der Waals surface area contributed by atoms with Gasteiger partial charge in [-0.1, -0.05) is 66.7 Å². The van der Waals surface area contributed by atoms with Gasteiger partial charge >= 0.3 is 0 Å². The van der Waals surface area contributed by atoms with Crippen LogP contribution >= 0.6 is 0 Å². The minimum atomic E-state index is 0.554. The van der Waals surface area contributed by atoms with Crippen LogP contribution in [0.4, 0.5) is 5.69 Å². The van der Waals surface area contributed by atoms with E-state index in [4.69, 9.17) is 9.47 Å². The first-order valence-electron chi connectivity index (χ1n) is 9.04. The van der Waals surface area contributed by atoms with E-state index in [1.165, 1.54) is 16.7 Å². The van der Waals surface area contributed by atoms with E-state index in [0.717, 1.165) is 18.0 Å². The molecule has 0 aliphatic carbocycles. The Labute approximate surface area is 155 Å². The summed E-state index contributed by atoms with van der Waals surface area (Å²) in [6.07, 6.45) is 0. The van der Waals surface area contributed by atoms with Crippen molar-refractivity contribution in [3.05, 3.63) is 84.4 Å². The van der Waals surface area contributed by atoms with Gasteiger partial charge in [-0.15, -0.1) is 0 Å². The minimum absolute atomic E-state index is 0.554. The van der Waals surface area contributed by atoms with Crippen molar-refractivity contribution in [2.24, 2.45) is 0 Å². The van der Waals surface area contributed by atoms with Gasteiger partial charge in [0.25, 0.3) is 0 Å². The Kier molecular flexibility index (Phi) is 6.68. The number of para-hydroxylation sites is 2. The van der Waals surface area contributed by atoms with Crippen LogP contribution in [0.2, 0.25) is 0 Å². The Bertz CT molecular complexity index is 785. The molecule has 134 valence electrons. The molecular formula is C23H25NO2. The Balaban J connectivity index is 1.59. The van der Waals surface area contributed by atoms with Crippen LogP contribution < -0.4 is 10.1 Å². The maximum absolute atomic E-state index is 5.82. The molecule has 3 rings (SSSR count). The van der Waals surface area contributed by atoms with Gasteiger partial charge in [-0.25, -0.2) is 0 Å². The van der Waals surface area contributed by atoms with Gasteiger partial charge in [-0.3, -0.25) is 0 Å². The van der Waals surface area contributed by atoms with E-state index in [2.05, 4.69) is 53.8 Å². The Morgan fingerprint density at radius 2 is 1.42 bits per heavy atom. The van der Waals surface area contributed by atoms with Crippen LogP contribution in [0, 0.1) is 0 Å². The number of nitrogens with one attached hydrogen (secondary N) is 1. The fraction of sp³-hybridized carbons (Fsp3) is 0.217. The molecule has 0 aromatic heterocycles. The zero-order valence-corrected chi connectivity index (χ0v) is 15.2. The lowest BCUT2D eigenvalue weighted by molar-refractivity contribution is 0.110. The van der Waals surface area contributed by atoms with E-state index in [1.807, 2.05) is 37.3 Å². The fourth-order valence-electron chi connectivity index (χ4n) is 2.74. The van der Waals surface area contributed by atoms with Crippen molar-refractivity contribution in [2.75, 3.05) is 25.1 Å². The predicted molar refractivity (Wildman–Crippen MR) is 108 cm³/mol. The molecule has 0 amide bonds. The highest BCUT2D eigenvalue weighted by atomic mass is 16.5. The van der Waals surface area contributed by atoms with Crippen LogP contribution in [0.15, 0.2) is 78.9 Å². The summed E-state index contributed by atoms with van der Waals surface area (Å²) in [6.45, 7) is 4.60. The molecule has 0 atom stereocenters. The molecule has 26 heavy (non-hydrogen) atoms. The number of hydrogen-bond acceptors (Lipinski definition) is 3. The lowest BCUT2D eigenvalue weighted by atomic mass is 10.0. The molecule has 0 aliphatic rings. The average molecular weight is 347 g/mol. The SMILES string of the molecule is CCOCCOc1ccccc1NCc1ccc(-c2ccccc2)cc1. The summed E-state index contributed by atoms with van der Waals surface area (Å²) >= 11 is 0. The summed E-state index contributed by atoms with van der Waals surface area (Å²) < 4.78 is 11.1. The van der Waals surface area contributed by atoms with Crippen LogP contribution in [0.3, 0.4) is 0 Å². The summed E-state index contributed by atoms with van der Waals surface area (Å²) in [5.74, 6) is 0.855. The zero-order valence-electron chi connectivity index (χ0n) is 15.2. The number of ether oxygens (including phenoxy) is 2. The molecule has 3 aromatic rings. The van der Waals surface area contributed by atoms with Gasteiger partial charge in [0.15, 0.2) is 0 Å². The highest BCUT2D eigenvalue weighted by molar-refractivity contribution is 5.63. The van der Waals surface area contributed by atoms with Crippen molar-refractivity contribution < 1.29 is 9.47 Å². The second-order valence-corrected chi connectivity index (χ2v) is 5.96. The third kappa shape index (κ3) is 5.11. The van der Waals surface area contributed by atoms with Crippen LogP contribution in [-0.2, 0) is 11.3 Å². The second kappa shape index (κ2) is 9.64. The molecule has 1 N–H and O–H groups in total. The number of hydrogen-bond donors (Lipinski definition) is 1. The molecule has 0 unspecified atom stereocenters. The molecule has 0 fully saturated rings. The minimum Gasteiger partial charge on any atom is -0.489 e. The molecule has 0 saturated heterocycles. The monoisotopic (exact) mass is 347 g/mol. The number of benzene rings is 3. The molecule has 3 aromatic carbocycles. The molecule has 0 radical (unpaired) electrons. The van der Waals surface area contributed by atoms with Crippen molar-refractivity contribution in [3.8, 4) is 16.9 Å². The third-order valence-electron chi connectivity index (χ3n) is 4.12. The molecule has 0 saturated carbocycles. The zero-order chi connectivity index (χ0) is 18.0. The van der Waals surface area contributed by atoms with Gasteiger partial charge < -0.3 is 14.8 Å². The first-order valence-corrected chi connectivity index (χ1v) is 9.04. The van der Waals surface area contributed by atoms with Gasteiger partial charge in [0.2, 0.25) is 0 Å². The molecule has 0 spiro atoms. The highest BCUT2D eigenvalue weighted by Gasteiger charge is 2.03. The van der Waals surface area contributed by atoms with E-state index >= 15 is 0 Å². The van der Waals surface area contributed by atoms with Gasteiger partial charge in [0, 0.05) is 13.2 Å². The Morgan fingerprint density at radius 3 is 2.19 bits per heavy atom. The first-order chi connectivity index (χ1) is 12.9. The first kappa shape index (κ1) is 18.0. The van der Waals surface area contributed by atoms with Gasteiger partial charge in [-0.05, 0) is 35.7 Å². The van der Waals surface area contributed by atoms with Gasteiger partial charge in [0.05, 0.1) is 12.3 Å².